The first kappa shape index (κ1) is 8.99. The van der Waals surface area contributed by atoms with E-state index in [2.05, 4.69) is 10.1 Å². The first-order valence-corrected chi connectivity index (χ1v) is 4.56. The van der Waals surface area contributed by atoms with E-state index in [1.807, 2.05) is 12.1 Å². The van der Waals surface area contributed by atoms with Crippen LogP contribution in [0.5, 0.6) is 5.88 Å². The van der Waals surface area contributed by atoms with Gasteiger partial charge in [-0.1, -0.05) is 11.2 Å². The Morgan fingerprint density at radius 3 is 3.00 bits per heavy atom. The smallest absolute Gasteiger partial charge is 0.213 e. The Hall–Kier alpha value is -1.58. The van der Waals surface area contributed by atoms with Crippen molar-refractivity contribution in [1.82, 2.24) is 4.98 Å². The predicted molar refractivity (Wildman–Crippen MR) is 52.0 cm³/mol. The van der Waals surface area contributed by atoms with Crippen molar-refractivity contribution in [3.8, 4) is 5.88 Å². The number of aromatic nitrogens is 1. The number of hydrogen-bond acceptors (Lipinski definition) is 4. The van der Waals surface area contributed by atoms with Gasteiger partial charge in [0.15, 0.2) is 0 Å². The number of hydrogen-bond donors (Lipinski definition) is 1. The number of nitrogens with zero attached hydrogens (tertiary/aromatic N) is 2. The molecule has 4 nitrogen and oxygen atoms in total. The maximum atomic E-state index is 8.66. The number of pyridine rings is 1. The largest absolute Gasteiger partial charge is 0.481 e. The molecule has 1 aromatic rings. The summed E-state index contributed by atoms with van der Waals surface area (Å²) in [5, 5.41) is 11.9. The fourth-order valence-electron chi connectivity index (χ4n) is 1.66. The van der Waals surface area contributed by atoms with Crippen LogP contribution in [0.4, 0.5) is 0 Å². The van der Waals surface area contributed by atoms with Crippen molar-refractivity contribution in [2.24, 2.45) is 5.16 Å². The standard InChI is InChI=1S/C10H12N2O2/c1-14-10-5-2-7-6-8(12-13)3-4-9(7)11-10/h2,5,13H,3-4,6H2,1H3/b12-8+. The van der Waals surface area contributed by atoms with Gasteiger partial charge in [-0.3, -0.25) is 0 Å². The number of rotatable bonds is 1. The molecule has 0 atom stereocenters. The normalized spacial score (nSPS) is 17.9. The van der Waals surface area contributed by atoms with Crippen molar-refractivity contribution in [2.75, 3.05) is 7.11 Å². The molecule has 0 aromatic carbocycles. The van der Waals surface area contributed by atoms with E-state index >= 15 is 0 Å². The number of oxime groups is 1. The second-order valence-electron chi connectivity index (χ2n) is 3.30. The molecule has 1 heterocycles. The van der Waals surface area contributed by atoms with Crippen LogP contribution in [0.15, 0.2) is 17.3 Å². The highest BCUT2D eigenvalue weighted by Crippen LogP contribution is 2.20. The van der Waals surface area contributed by atoms with Crippen LogP contribution < -0.4 is 4.74 Å². The molecule has 1 aliphatic carbocycles. The molecule has 0 amide bonds. The third kappa shape index (κ3) is 1.55. The summed E-state index contributed by atoms with van der Waals surface area (Å²) >= 11 is 0. The molecule has 1 aliphatic rings. The highest BCUT2D eigenvalue weighted by atomic mass is 16.5. The topological polar surface area (TPSA) is 54.7 Å². The molecule has 74 valence electrons. The van der Waals surface area contributed by atoms with E-state index in [1.165, 1.54) is 0 Å². The van der Waals surface area contributed by atoms with Gasteiger partial charge in [0.1, 0.15) is 0 Å². The van der Waals surface area contributed by atoms with Gasteiger partial charge in [0.25, 0.3) is 0 Å². The van der Waals surface area contributed by atoms with Crippen LogP contribution in [-0.2, 0) is 12.8 Å². The van der Waals surface area contributed by atoms with Gasteiger partial charge < -0.3 is 9.94 Å². The highest BCUT2D eigenvalue weighted by Gasteiger charge is 2.16. The van der Waals surface area contributed by atoms with Crippen molar-refractivity contribution in [3.63, 3.8) is 0 Å². The summed E-state index contributed by atoms with van der Waals surface area (Å²) in [6, 6.07) is 3.81. The van der Waals surface area contributed by atoms with Crippen molar-refractivity contribution in [1.29, 1.82) is 0 Å². The Morgan fingerprint density at radius 1 is 1.43 bits per heavy atom. The van der Waals surface area contributed by atoms with Crippen LogP contribution in [0.3, 0.4) is 0 Å². The monoisotopic (exact) mass is 192 g/mol. The van der Waals surface area contributed by atoms with Gasteiger partial charge in [-0.15, -0.1) is 0 Å². The molecular formula is C10H12N2O2. The molecule has 14 heavy (non-hydrogen) atoms. The van der Waals surface area contributed by atoms with E-state index in [9.17, 15) is 0 Å². The lowest BCUT2D eigenvalue weighted by molar-refractivity contribution is 0.316. The molecule has 0 saturated heterocycles. The van der Waals surface area contributed by atoms with Crippen LogP contribution in [0, 0.1) is 0 Å². The molecule has 1 N–H and O–H groups in total. The van der Waals surface area contributed by atoms with Crippen LogP contribution in [-0.4, -0.2) is 23.0 Å². The number of methoxy groups -OCH3 is 1. The Balaban J connectivity index is 2.32. The van der Waals surface area contributed by atoms with Gasteiger partial charge in [-0.2, -0.15) is 0 Å². The van der Waals surface area contributed by atoms with Gasteiger partial charge >= 0.3 is 0 Å². The van der Waals surface area contributed by atoms with Crippen molar-refractivity contribution in [2.45, 2.75) is 19.3 Å². The van der Waals surface area contributed by atoms with Crippen LogP contribution in [0.25, 0.3) is 0 Å². The Morgan fingerprint density at radius 2 is 2.29 bits per heavy atom. The van der Waals surface area contributed by atoms with Crippen LogP contribution in [0.1, 0.15) is 17.7 Å². The fraction of sp³-hybridized carbons (Fsp3) is 0.400. The van der Waals surface area contributed by atoms with Gasteiger partial charge in [0, 0.05) is 18.2 Å². The van der Waals surface area contributed by atoms with Gasteiger partial charge in [0.05, 0.1) is 12.8 Å². The quantitative estimate of drug-likeness (QED) is 0.540. The minimum atomic E-state index is 0.646. The Bertz CT molecular complexity index is 374. The van der Waals surface area contributed by atoms with E-state index in [0.29, 0.717) is 12.3 Å². The molecule has 0 spiro atoms. The number of ether oxygens (including phenoxy) is 1. The maximum Gasteiger partial charge on any atom is 0.213 e. The summed E-state index contributed by atoms with van der Waals surface area (Å²) in [6.45, 7) is 0. The second-order valence-corrected chi connectivity index (χ2v) is 3.30. The zero-order chi connectivity index (χ0) is 9.97. The molecule has 0 bridgehead atoms. The lowest BCUT2D eigenvalue weighted by Gasteiger charge is -2.15. The molecule has 0 saturated carbocycles. The van der Waals surface area contributed by atoms with E-state index < -0.39 is 0 Å². The summed E-state index contributed by atoms with van der Waals surface area (Å²) in [6.07, 6.45) is 2.30. The first-order valence-electron chi connectivity index (χ1n) is 4.56. The number of aryl methyl sites for hydroxylation is 1. The molecule has 1 aromatic heterocycles. The third-order valence-electron chi connectivity index (χ3n) is 2.44. The maximum absolute atomic E-state index is 8.66. The average molecular weight is 192 g/mol. The fourth-order valence-corrected chi connectivity index (χ4v) is 1.66. The summed E-state index contributed by atoms with van der Waals surface area (Å²) in [7, 11) is 1.61. The molecule has 4 heteroatoms. The van der Waals surface area contributed by atoms with Crippen molar-refractivity contribution in [3.05, 3.63) is 23.4 Å². The molecule has 0 fully saturated rings. The molecule has 2 rings (SSSR count). The molecular weight excluding hydrogens is 180 g/mol. The van der Waals surface area contributed by atoms with E-state index in [0.717, 1.165) is 29.8 Å². The summed E-state index contributed by atoms with van der Waals surface area (Å²) in [5.74, 6) is 0.646. The van der Waals surface area contributed by atoms with Crippen LogP contribution >= 0.6 is 0 Å². The Labute approximate surface area is 82.2 Å². The minimum Gasteiger partial charge on any atom is -0.481 e. The summed E-state index contributed by atoms with van der Waals surface area (Å²) in [4.78, 5) is 4.34. The molecule has 0 aliphatic heterocycles. The number of fused-ring (bicyclic) bond motifs is 1. The predicted octanol–water partition coefficient (Wildman–Crippen LogP) is 1.41. The molecule has 0 unspecified atom stereocenters. The first-order chi connectivity index (χ1) is 6.83. The SMILES string of the molecule is COc1ccc2c(n1)CC/C(=N\O)C2. The van der Waals surface area contributed by atoms with Gasteiger partial charge in [-0.25, -0.2) is 4.98 Å². The van der Waals surface area contributed by atoms with E-state index in [-0.39, 0.29) is 0 Å². The van der Waals surface area contributed by atoms with Crippen molar-refractivity contribution >= 4 is 5.71 Å². The minimum absolute atomic E-state index is 0.646. The lowest BCUT2D eigenvalue weighted by Crippen LogP contribution is -2.15. The molecule has 0 radical (unpaired) electrons. The Kier molecular flexibility index (Phi) is 2.35. The zero-order valence-electron chi connectivity index (χ0n) is 8.03. The summed E-state index contributed by atoms with van der Waals surface area (Å²) < 4.78 is 5.04. The van der Waals surface area contributed by atoms with Gasteiger partial charge in [0.2, 0.25) is 5.88 Å². The second kappa shape index (κ2) is 3.65. The van der Waals surface area contributed by atoms with E-state index in [1.54, 1.807) is 7.11 Å². The lowest BCUT2D eigenvalue weighted by atomic mass is 9.94. The van der Waals surface area contributed by atoms with Crippen molar-refractivity contribution < 1.29 is 9.94 Å². The van der Waals surface area contributed by atoms with Crippen LogP contribution in [0.2, 0.25) is 0 Å². The van der Waals surface area contributed by atoms with E-state index in [4.69, 9.17) is 9.94 Å². The average Bonchev–Trinajstić information content (AvgIpc) is 2.27. The highest BCUT2D eigenvalue weighted by molar-refractivity contribution is 5.87. The van der Waals surface area contributed by atoms with Gasteiger partial charge in [-0.05, 0) is 18.4 Å². The third-order valence-corrected chi connectivity index (χ3v) is 2.44. The summed E-state index contributed by atoms with van der Waals surface area (Å²) in [5.41, 5.74) is 3.01. The zero-order valence-corrected chi connectivity index (χ0v) is 8.03.